The van der Waals surface area contributed by atoms with Crippen LogP contribution in [0.3, 0.4) is 0 Å². The van der Waals surface area contributed by atoms with Crippen LogP contribution in [-0.4, -0.2) is 134 Å². The van der Waals surface area contributed by atoms with Gasteiger partial charge in [0.2, 0.25) is 11.8 Å². The molecule has 1 aliphatic rings. The van der Waals surface area contributed by atoms with Crippen LogP contribution in [0.5, 0.6) is 0 Å². The van der Waals surface area contributed by atoms with Crippen LogP contribution in [-0.2, 0) is 50.7 Å². The number of phosphoric acid groups is 3. The number of anilines is 1. The van der Waals surface area contributed by atoms with E-state index in [1.54, 1.807) is 6.92 Å². The fourth-order valence-electron chi connectivity index (χ4n) is 5.09. The molecule has 2 aromatic rings. The maximum absolute atomic E-state index is 12.7. The molecule has 318 valence electrons. The lowest BCUT2D eigenvalue weighted by atomic mass is 9.87. The van der Waals surface area contributed by atoms with E-state index in [4.69, 9.17) is 19.5 Å². The minimum absolute atomic E-state index is 0.0259. The normalized spacial score (nSPS) is 22.8. The predicted molar refractivity (Wildman–Crippen MR) is 193 cm³/mol. The van der Waals surface area contributed by atoms with Crippen molar-refractivity contribution in [2.45, 2.75) is 77.3 Å². The van der Waals surface area contributed by atoms with Gasteiger partial charge >= 0.3 is 23.5 Å². The number of nitrogens with zero attached hydrogens (tertiary/aromatic N) is 4. The van der Waals surface area contributed by atoms with Crippen molar-refractivity contribution in [3.63, 3.8) is 0 Å². The molecule has 0 spiro atoms. The van der Waals surface area contributed by atoms with E-state index < -0.39 is 96.6 Å². The molecular weight excluding hydrogens is 835 g/mol. The van der Waals surface area contributed by atoms with Crippen LogP contribution in [0.25, 0.3) is 11.2 Å². The second-order valence-corrected chi connectivity index (χ2v) is 18.3. The minimum Gasteiger partial charge on any atom is -0.393 e. The Morgan fingerprint density at radius 1 is 1.05 bits per heavy atom. The lowest BCUT2D eigenvalue weighted by Crippen LogP contribution is -2.46. The number of nitrogens with one attached hydrogen (secondary N) is 2. The number of ether oxygens (including phenoxy) is 1. The second kappa shape index (κ2) is 20.0. The van der Waals surface area contributed by atoms with Crippen molar-refractivity contribution in [3.8, 4) is 0 Å². The summed E-state index contributed by atoms with van der Waals surface area (Å²) in [5.74, 6) is -1.78. The van der Waals surface area contributed by atoms with Gasteiger partial charge in [0.15, 0.2) is 22.8 Å². The molecule has 25 nitrogen and oxygen atoms in total. The number of aliphatic hydroxyl groups excluding tert-OH is 3. The van der Waals surface area contributed by atoms with E-state index in [9.17, 15) is 63.0 Å². The first-order chi connectivity index (χ1) is 25.9. The molecule has 5 unspecified atom stereocenters. The molecule has 0 bridgehead atoms. The lowest BCUT2D eigenvalue weighted by molar-refractivity contribution is -0.137. The molecular formula is C27H46N7O18P3S. The van der Waals surface area contributed by atoms with Gasteiger partial charge in [0.25, 0.3) is 0 Å². The summed E-state index contributed by atoms with van der Waals surface area (Å²) in [6.45, 7) is 3.66. The number of carbonyl (C=O) groups is 3. The molecule has 56 heavy (non-hydrogen) atoms. The van der Waals surface area contributed by atoms with Crippen molar-refractivity contribution in [2.24, 2.45) is 11.3 Å². The topological polar surface area (TPSA) is 384 Å². The Morgan fingerprint density at radius 3 is 2.34 bits per heavy atom. The Kier molecular flexibility index (Phi) is 17.1. The monoisotopic (exact) mass is 881 g/mol. The van der Waals surface area contributed by atoms with Gasteiger partial charge in [0.05, 0.1) is 31.6 Å². The number of hydrogen-bond acceptors (Lipinski definition) is 19. The zero-order valence-corrected chi connectivity index (χ0v) is 33.9. The lowest BCUT2D eigenvalue weighted by Gasteiger charge is -2.30. The summed E-state index contributed by atoms with van der Waals surface area (Å²) in [5, 5.41) is 35.8. The van der Waals surface area contributed by atoms with Gasteiger partial charge in [-0.05, 0) is 13.3 Å². The second-order valence-electron chi connectivity index (χ2n) is 13.0. The predicted octanol–water partition coefficient (Wildman–Crippen LogP) is -0.928. The number of amides is 2. The third-order valence-corrected chi connectivity index (χ3v) is 12.2. The van der Waals surface area contributed by atoms with Gasteiger partial charge in [-0.15, -0.1) is 0 Å². The highest BCUT2D eigenvalue weighted by molar-refractivity contribution is 8.13. The Hall–Kier alpha value is -2.48. The molecule has 2 amide bonds. The Morgan fingerprint density at radius 2 is 1.71 bits per heavy atom. The number of thioether (sulfide) groups is 1. The van der Waals surface area contributed by atoms with Gasteiger partial charge in [-0.3, -0.25) is 32.5 Å². The molecule has 0 aliphatic carbocycles. The fourth-order valence-corrected chi connectivity index (χ4v) is 8.91. The molecule has 0 radical (unpaired) electrons. The first-order valence-corrected chi connectivity index (χ1v) is 22.1. The summed E-state index contributed by atoms with van der Waals surface area (Å²) < 4.78 is 62.0. The molecule has 1 aliphatic heterocycles. The maximum atomic E-state index is 12.7. The molecule has 0 saturated carbocycles. The van der Waals surface area contributed by atoms with Crippen LogP contribution in [0.15, 0.2) is 12.7 Å². The molecule has 1 fully saturated rings. The molecule has 0 aromatic carbocycles. The number of hydrogen-bond donors (Lipinski definition) is 10. The van der Waals surface area contributed by atoms with Crippen molar-refractivity contribution in [1.82, 2.24) is 30.2 Å². The smallest absolute Gasteiger partial charge is 0.393 e. The summed E-state index contributed by atoms with van der Waals surface area (Å²) in [4.78, 5) is 87.7. The van der Waals surface area contributed by atoms with Crippen LogP contribution >= 0.6 is 35.2 Å². The van der Waals surface area contributed by atoms with Crippen LogP contribution in [0, 0.1) is 11.3 Å². The summed E-state index contributed by atoms with van der Waals surface area (Å²) in [5.41, 5.74) is 4.23. The van der Waals surface area contributed by atoms with E-state index >= 15 is 0 Å². The van der Waals surface area contributed by atoms with Gasteiger partial charge in [-0.25, -0.2) is 28.6 Å². The summed E-state index contributed by atoms with van der Waals surface area (Å²) in [6, 6.07) is 0. The molecule has 3 rings (SSSR count). The van der Waals surface area contributed by atoms with Gasteiger partial charge in [-0.2, -0.15) is 4.31 Å². The highest BCUT2D eigenvalue weighted by atomic mass is 32.2. The number of aromatic nitrogens is 4. The van der Waals surface area contributed by atoms with Crippen molar-refractivity contribution in [1.29, 1.82) is 0 Å². The number of rotatable bonds is 22. The minimum atomic E-state index is -5.58. The van der Waals surface area contributed by atoms with Crippen LogP contribution in [0.2, 0.25) is 0 Å². The van der Waals surface area contributed by atoms with Crippen molar-refractivity contribution >= 4 is 69.1 Å². The van der Waals surface area contributed by atoms with E-state index in [1.807, 2.05) is 0 Å². The number of nitrogen functional groups attached to an aromatic ring is 1. The number of phosphoric ester groups is 3. The third kappa shape index (κ3) is 13.8. The van der Waals surface area contributed by atoms with Gasteiger partial charge in [-0.1, -0.05) is 32.5 Å². The van der Waals surface area contributed by atoms with E-state index in [1.165, 1.54) is 20.8 Å². The maximum Gasteiger partial charge on any atom is 0.481 e. The highest BCUT2D eigenvalue weighted by Gasteiger charge is 2.50. The van der Waals surface area contributed by atoms with Crippen molar-refractivity contribution in [2.75, 3.05) is 37.8 Å². The van der Waals surface area contributed by atoms with Crippen molar-refractivity contribution < 1.29 is 85.6 Å². The number of aliphatic hydroxyl groups is 3. The summed E-state index contributed by atoms with van der Waals surface area (Å²) in [6.07, 6.45) is -7.32. The highest BCUT2D eigenvalue weighted by Crippen LogP contribution is 2.61. The van der Waals surface area contributed by atoms with Gasteiger partial charge in [0.1, 0.15) is 36.3 Å². The first-order valence-electron chi connectivity index (χ1n) is 16.6. The number of nitrogens with two attached hydrogens (primary N) is 1. The van der Waals surface area contributed by atoms with Gasteiger partial charge < -0.3 is 56.0 Å². The SMILES string of the molecule is CCC(C(=O)SCCNC(=O)CCNC(=O)C(O)C(C)(C)COP(=O)(O)OP(=O)(O)OC[C@H]1O[C@@H](n2cnc3c(N)ncnc32)[C@H](O)[C@@H]1OP(=O)(O)O)C(C)O. The number of fused-ring (bicyclic) bond motifs is 1. The average Bonchev–Trinajstić information content (AvgIpc) is 3.64. The average molecular weight is 882 g/mol. The van der Waals surface area contributed by atoms with E-state index in [2.05, 4.69) is 34.4 Å². The van der Waals surface area contributed by atoms with Crippen molar-refractivity contribution in [3.05, 3.63) is 12.7 Å². The molecule has 11 N–H and O–H groups in total. The summed E-state index contributed by atoms with van der Waals surface area (Å²) in [7, 11) is -16.4. The van der Waals surface area contributed by atoms with E-state index in [-0.39, 0.29) is 47.4 Å². The molecule has 1 saturated heterocycles. The van der Waals surface area contributed by atoms with Crippen LogP contribution in [0.1, 0.15) is 46.8 Å². The van der Waals surface area contributed by atoms with Crippen LogP contribution in [0.4, 0.5) is 5.82 Å². The summed E-state index contributed by atoms with van der Waals surface area (Å²) >= 11 is 0.971. The Balaban J connectivity index is 1.49. The van der Waals surface area contributed by atoms with Crippen LogP contribution < -0.4 is 16.4 Å². The quantitative estimate of drug-likeness (QED) is 0.0504. The zero-order valence-electron chi connectivity index (χ0n) is 30.4. The number of carbonyl (C=O) groups excluding carboxylic acids is 3. The van der Waals surface area contributed by atoms with Gasteiger partial charge in [0, 0.05) is 30.7 Å². The molecule has 3 heterocycles. The Bertz CT molecular complexity index is 1830. The van der Waals surface area contributed by atoms with E-state index in [0.717, 1.165) is 29.0 Å². The van der Waals surface area contributed by atoms with E-state index in [0.29, 0.717) is 6.42 Å². The number of imidazole rings is 1. The standard InChI is InChI=1S/C27H46N7O18P3S/c1-5-15(14(2)35)26(40)56-9-8-29-17(36)6-7-30-24(39)21(38)27(3,4)11-49-55(46,47)52-54(44,45)48-10-16-20(51-53(41,42)43)19(37)25(50-16)34-13-33-18-22(28)31-12-32-23(18)34/h12-16,19-21,25,35,37-38H,5-11H2,1-4H3,(H,29,36)(H,30,39)(H,44,45)(H,46,47)(H2,28,31,32)(H2,41,42,43)/t14?,15?,16-,19-,20-,21?,25-/m1/s1. The molecule has 9 atom stereocenters. The first kappa shape index (κ1) is 47.9. The zero-order chi connectivity index (χ0) is 42.2. The largest absolute Gasteiger partial charge is 0.481 e. The molecule has 2 aromatic heterocycles. The Labute approximate surface area is 323 Å². The molecule has 29 heteroatoms. The third-order valence-electron chi connectivity index (χ3n) is 8.07. The fraction of sp³-hybridized carbons (Fsp3) is 0.704.